The van der Waals surface area contributed by atoms with Gasteiger partial charge in [0.1, 0.15) is 11.6 Å². The SMILES string of the molecule is Cn1nc2c(c1-c1cnn(C)c1C(F)(F)F)CCN(C(=O)c1nn(C)c3cc(F)cc(F)c13)C2. The summed E-state index contributed by atoms with van der Waals surface area (Å²) in [6.07, 6.45) is -3.23. The molecule has 178 valence electrons. The zero-order valence-corrected chi connectivity index (χ0v) is 18.3. The van der Waals surface area contributed by atoms with E-state index >= 15 is 0 Å². The van der Waals surface area contributed by atoms with Crippen LogP contribution in [0, 0.1) is 11.6 Å². The van der Waals surface area contributed by atoms with Gasteiger partial charge in [0.05, 0.1) is 40.6 Å². The van der Waals surface area contributed by atoms with Crippen LogP contribution in [0.1, 0.15) is 27.4 Å². The second kappa shape index (κ2) is 7.37. The summed E-state index contributed by atoms with van der Waals surface area (Å²) in [5, 5.41) is 12.1. The molecule has 0 saturated heterocycles. The molecule has 0 radical (unpaired) electrons. The van der Waals surface area contributed by atoms with Crippen LogP contribution in [-0.2, 0) is 40.3 Å². The van der Waals surface area contributed by atoms with Crippen molar-refractivity contribution >= 4 is 16.8 Å². The van der Waals surface area contributed by atoms with Gasteiger partial charge >= 0.3 is 6.18 Å². The molecule has 1 aromatic carbocycles. The number of carbonyl (C=O) groups is 1. The van der Waals surface area contributed by atoms with Crippen LogP contribution in [0.25, 0.3) is 22.2 Å². The Labute approximate surface area is 189 Å². The van der Waals surface area contributed by atoms with Gasteiger partial charge in [-0.15, -0.1) is 0 Å². The fourth-order valence-corrected chi connectivity index (χ4v) is 4.58. The van der Waals surface area contributed by atoms with E-state index in [1.54, 1.807) is 0 Å². The summed E-state index contributed by atoms with van der Waals surface area (Å²) in [6.45, 7) is 0.164. The van der Waals surface area contributed by atoms with Gasteiger partial charge in [0.15, 0.2) is 11.4 Å². The van der Waals surface area contributed by atoms with Gasteiger partial charge < -0.3 is 4.90 Å². The van der Waals surface area contributed by atoms with E-state index in [4.69, 9.17) is 0 Å². The predicted molar refractivity (Wildman–Crippen MR) is 109 cm³/mol. The normalized spacial score (nSPS) is 14.2. The zero-order valence-electron chi connectivity index (χ0n) is 18.3. The van der Waals surface area contributed by atoms with Gasteiger partial charge in [-0.3, -0.25) is 18.8 Å². The summed E-state index contributed by atoms with van der Waals surface area (Å²) in [5.74, 6) is -2.27. The molecule has 0 fully saturated rings. The Morgan fingerprint density at radius 3 is 2.47 bits per heavy atom. The molecule has 0 saturated carbocycles. The number of nitrogens with zero attached hydrogens (tertiary/aromatic N) is 7. The molecule has 13 heteroatoms. The molecular weight excluding hydrogens is 461 g/mol. The first kappa shape index (κ1) is 22.0. The van der Waals surface area contributed by atoms with Crippen LogP contribution in [-0.4, -0.2) is 46.7 Å². The number of carbonyl (C=O) groups excluding carboxylic acids is 1. The fraction of sp³-hybridized carbons (Fsp3) is 0.333. The molecule has 0 N–H and O–H groups in total. The molecule has 0 unspecified atom stereocenters. The van der Waals surface area contributed by atoms with Crippen molar-refractivity contribution in [3.05, 3.63) is 52.6 Å². The second-order valence-electron chi connectivity index (χ2n) is 8.16. The summed E-state index contributed by atoms with van der Waals surface area (Å²) >= 11 is 0. The molecule has 8 nitrogen and oxygen atoms in total. The first-order valence-electron chi connectivity index (χ1n) is 10.2. The molecule has 4 heterocycles. The smallest absolute Gasteiger partial charge is 0.331 e. The highest BCUT2D eigenvalue weighted by molar-refractivity contribution is 6.05. The quantitative estimate of drug-likeness (QED) is 0.414. The Kier molecular flexibility index (Phi) is 4.78. The van der Waals surface area contributed by atoms with Crippen LogP contribution < -0.4 is 0 Å². The number of amides is 1. The molecule has 0 aliphatic carbocycles. The average Bonchev–Trinajstić information content (AvgIpc) is 3.39. The van der Waals surface area contributed by atoms with E-state index in [0.717, 1.165) is 16.9 Å². The Bertz CT molecular complexity index is 1460. The fourth-order valence-electron chi connectivity index (χ4n) is 4.58. The maximum atomic E-state index is 14.5. The number of aromatic nitrogens is 6. The lowest BCUT2D eigenvalue weighted by Gasteiger charge is -2.26. The highest BCUT2D eigenvalue weighted by atomic mass is 19.4. The minimum atomic E-state index is -4.61. The third-order valence-corrected chi connectivity index (χ3v) is 6.02. The lowest BCUT2D eigenvalue weighted by atomic mass is 9.99. The molecule has 0 atom stereocenters. The standard InChI is InChI=1S/C21H18F5N7O/c1-30-15-7-10(22)6-13(23)16(15)17(29-30)20(34)33-5-4-11-14(9-33)28-31(2)18(11)12-8-27-32(3)19(12)21(24,25)26/h6-8H,4-5,9H2,1-3H3. The highest BCUT2D eigenvalue weighted by Gasteiger charge is 2.40. The Balaban J connectivity index is 1.52. The van der Waals surface area contributed by atoms with Crippen molar-refractivity contribution in [3.63, 3.8) is 0 Å². The van der Waals surface area contributed by atoms with E-state index in [9.17, 15) is 26.7 Å². The van der Waals surface area contributed by atoms with Gasteiger partial charge in [-0.25, -0.2) is 8.78 Å². The third-order valence-electron chi connectivity index (χ3n) is 6.02. The molecule has 34 heavy (non-hydrogen) atoms. The van der Waals surface area contributed by atoms with Gasteiger partial charge in [0.25, 0.3) is 5.91 Å². The van der Waals surface area contributed by atoms with E-state index in [1.165, 1.54) is 35.4 Å². The number of rotatable bonds is 2. The van der Waals surface area contributed by atoms with Crippen molar-refractivity contribution in [3.8, 4) is 11.3 Å². The Morgan fingerprint density at radius 1 is 1.03 bits per heavy atom. The third kappa shape index (κ3) is 3.25. The van der Waals surface area contributed by atoms with Crippen molar-refractivity contribution in [2.45, 2.75) is 19.1 Å². The first-order valence-corrected chi connectivity index (χ1v) is 10.2. The summed E-state index contributed by atoms with van der Waals surface area (Å²) in [4.78, 5) is 14.6. The molecule has 1 aliphatic heterocycles. The predicted octanol–water partition coefficient (Wildman–Crippen LogP) is 3.20. The molecule has 4 aromatic rings. The molecule has 0 spiro atoms. The molecule has 1 amide bonds. The maximum Gasteiger partial charge on any atom is 0.433 e. The summed E-state index contributed by atoms with van der Waals surface area (Å²) in [6, 6.07) is 1.78. The molecule has 5 rings (SSSR count). The van der Waals surface area contributed by atoms with E-state index < -0.39 is 29.4 Å². The lowest BCUT2D eigenvalue weighted by molar-refractivity contribution is -0.143. The van der Waals surface area contributed by atoms with Crippen molar-refractivity contribution in [1.82, 2.24) is 34.2 Å². The van der Waals surface area contributed by atoms with Crippen molar-refractivity contribution in [2.75, 3.05) is 6.54 Å². The first-order chi connectivity index (χ1) is 16.0. The van der Waals surface area contributed by atoms with E-state index in [1.807, 2.05) is 0 Å². The number of alkyl halides is 3. The van der Waals surface area contributed by atoms with E-state index in [0.29, 0.717) is 17.3 Å². The van der Waals surface area contributed by atoms with Crippen molar-refractivity contribution in [2.24, 2.45) is 21.1 Å². The van der Waals surface area contributed by atoms with E-state index in [2.05, 4.69) is 15.3 Å². The van der Waals surface area contributed by atoms with Gasteiger partial charge in [-0.2, -0.15) is 28.5 Å². The monoisotopic (exact) mass is 479 g/mol. The van der Waals surface area contributed by atoms with Crippen LogP contribution in [0.3, 0.4) is 0 Å². The second-order valence-corrected chi connectivity index (χ2v) is 8.16. The zero-order chi connectivity index (χ0) is 24.5. The van der Waals surface area contributed by atoms with Gasteiger partial charge in [-0.05, 0) is 12.5 Å². The molecular formula is C21H18F5N7O. The van der Waals surface area contributed by atoms with Crippen molar-refractivity contribution < 1.29 is 26.7 Å². The topological polar surface area (TPSA) is 73.8 Å². The number of aryl methyl sites for hydroxylation is 3. The van der Waals surface area contributed by atoms with Crippen LogP contribution in [0.5, 0.6) is 0 Å². The van der Waals surface area contributed by atoms with Crippen LogP contribution in [0.15, 0.2) is 18.3 Å². The Hall–Kier alpha value is -3.77. The van der Waals surface area contributed by atoms with Crippen LogP contribution >= 0.6 is 0 Å². The molecule has 1 aliphatic rings. The molecule has 0 bridgehead atoms. The average molecular weight is 479 g/mol. The van der Waals surface area contributed by atoms with Crippen LogP contribution in [0.4, 0.5) is 22.0 Å². The van der Waals surface area contributed by atoms with Gasteiger partial charge in [0, 0.05) is 39.3 Å². The van der Waals surface area contributed by atoms with Crippen LogP contribution in [0.2, 0.25) is 0 Å². The largest absolute Gasteiger partial charge is 0.433 e. The lowest BCUT2D eigenvalue weighted by Crippen LogP contribution is -2.36. The number of benzene rings is 1. The minimum Gasteiger partial charge on any atom is -0.331 e. The highest BCUT2D eigenvalue weighted by Crippen LogP contribution is 2.39. The number of hydrogen-bond donors (Lipinski definition) is 0. The number of hydrogen-bond acceptors (Lipinski definition) is 4. The van der Waals surface area contributed by atoms with E-state index in [-0.39, 0.29) is 47.4 Å². The number of halogens is 5. The maximum absolute atomic E-state index is 14.5. The summed E-state index contributed by atoms with van der Waals surface area (Å²) in [7, 11) is 4.23. The van der Waals surface area contributed by atoms with Gasteiger partial charge in [-0.1, -0.05) is 0 Å². The molecule has 3 aromatic heterocycles. The van der Waals surface area contributed by atoms with Gasteiger partial charge in [0.2, 0.25) is 0 Å². The summed E-state index contributed by atoms with van der Waals surface area (Å²) < 4.78 is 72.4. The van der Waals surface area contributed by atoms with Crippen molar-refractivity contribution in [1.29, 1.82) is 0 Å². The minimum absolute atomic E-state index is 0.00447. The Morgan fingerprint density at radius 2 is 1.76 bits per heavy atom. The number of fused-ring (bicyclic) bond motifs is 2. The summed E-state index contributed by atoms with van der Waals surface area (Å²) in [5.41, 5.74) is 0.291.